The lowest BCUT2D eigenvalue weighted by Crippen LogP contribution is -2.54. The lowest BCUT2D eigenvalue weighted by molar-refractivity contribution is -0.144. The van der Waals surface area contributed by atoms with E-state index in [2.05, 4.69) is 21.7 Å². The van der Waals surface area contributed by atoms with Gasteiger partial charge in [-0.25, -0.2) is 4.98 Å². The Labute approximate surface area is 124 Å². The molecule has 0 aliphatic carbocycles. The largest absolute Gasteiger partial charge is 0.480 e. The SMILES string of the molecule is O=C(O)C1CNCCN1Cc1csc(-c2ccsc2)n1. The molecule has 2 N–H and O–H groups in total. The fraction of sp³-hybridized carbons (Fsp3) is 0.385. The fourth-order valence-corrected chi connectivity index (χ4v) is 3.81. The molecular weight excluding hydrogens is 294 g/mol. The first-order valence-electron chi connectivity index (χ1n) is 6.38. The molecule has 1 aliphatic heterocycles. The van der Waals surface area contributed by atoms with E-state index >= 15 is 0 Å². The van der Waals surface area contributed by atoms with Crippen molar-refractivity contribution in [2.75, 3.05) is 19.6 Å². The van der Waals surface area contributed by atoms with Crippen LogP contribution in [0.1, 0.15) is 5.69 Å². The normalized spacial score (nSPS) is 20.1. The summed E-state index contributed by atoms with van der Waals surface area (Å²) in [6.07, 6.45) is 0. The second-order valence-electron chi connectivity index (χ2n) is 4.68. The highest BCUT2D eigenvalue weighted by Gasteiger charge is 2.28. The van der Waals surface area contributed by atoms with E-state index in [4.69, 9.17) is 0 Å². The molecule has 0 amide bonds. The highest BCUT2D eigenvalue weighted by molar-refractivity contribution is 7.14. The number of thiazole rings is 1. The molecule has 0 bridgehead atoms. The Kier molecular flexibility index (Phi) is 4.11. The molecule has 2 aromatic rings. The molecule has 1 saturated heterocycles. The van der Waals surface area contributed by atoms with Crippen LogP contribution >= 0.6 is 22.7 Å². The number of aromatic nitrogens is 1. The molecule has 20 heavy (non-hydrogen) atoms. The van der Waals surface area contributed by atoms with Gasteiger partial charge in [0.1, 0.15) is 11.0 Å². The van der Waals surface area contributed by atoms with Crippen molar-refractivity contribution in [2.24, 2.45) is 0 Å². The van der Waals surface area contributed by atoms with Gasteiger partial charge in [-0.05, 0) is 11.4 Å². The van der Waals surface area contributed by atoms with Crippen molar-refractivity contribution in [1.29, 1.82) is 0 Å². The van der Waals surface area contributed by atoms with Crippen molar-refractivity contribution >= 4 is 28.6 Å². The molecule has 0 radical (unpaired) electrons. The number of piperazine rings is 1. The number of nitrogens with one attached hydrogen (secondary N) is 1. The van der Waals surface area contributed by atoms with E-state index in [9.17, 15) is 9.90 Å². The van der Waals surface area contributed by atoms with Crippen LogP contribution in [-0.2, 0) is 11.3 Å². The number of carboxylic acids is 1. The van der Waals surface area contributed by atoms with Gasteiger partial charge in [0.25, 0.3) is 0 Å². The average molecular weight is 309 g/mol. The van der Waals surface area contributed by atoms with Gasteiger partial charge in [0, 0.05) is 42.5 Å². The summed E-state index contributed by atoms with van der Waals surface area (Å²) in [5.41, 5.74) is 2.09. The molecule has 0 aromatic carbocycles. The third kappa shape index (κ3) is 2.90. The first kappa shape index (κ1) is 13.7. The van der Waals surface area contributed by atoms with Crippen LogP contribution < -0.4 is 5.32 Å². The number of rotatable bonds is 4. The Bertz CT molecular complexity index is 582. The molecule has 5 nitrogen and oxygen atoms in total. The Hall–Kier alpha value is -1.28. The predicted octanol–water partition coefficient (Wildman–Crippen LogP) is 1.73. The summed E-state index contributed by atoms with van der Waals surface area (Å²) in [5.74, 6) is -0.773. The van der Waals surface area contributed by atoms with Gasteiger partial charge in [0.15, 0.2) is 0 Å². The highest BCUT2D eigenvalue weighted by Crippen LogP contribution is 2.26. The first-order valence-corrected chi connectivity index (χ1v) is 8.21. The minimum atomic E-state index is -0.773. The monoisotopic (exact) mass is 309 g/mol. The van der Waals surface area contributed by atoms with Gasteiger partial charge in [-0.3, -0.25) is 9.69 Å². The summed E-state index contributed by atoms with van der Waals surface area (Å²) in [4.78, 5) is 17.8. The van der Waals surface area contributed by atoms with Crippen LogP contribution in [0.15, 0.2) is 22.2 Å². The summed E-state index contributed by atoms with van der Waals surface area (Å²) in [7, 11) is 0. The number of carboxylic acid groups (broad SMARTS) is 1. The topological polar surface area (TPSA) is 65.5 Å². The third-order valence-corrected chi connectivity index (χ3v) is 4.95. The molecule has 3 rings (SSSR count). The zero-order valence-corrected chi connectivity index (χ0v) is 12.4. The zero-order chi connectivity index (χ0) is 13.9. The van der Waals surface area contributed by atoms with Crippen LogP contribution in [0.4, 0.5) is 0 Å². The molecule has 3 heterocycles. The maximum Gasteiger partial charge on any atom is 0.322 e. The van der Waals surface area contributed by atoms with E-state index < -0.39 is 12.0 Å². The quantitative estimate of drug-likeness (QED) is 0.900. The van der Waals surface area contributed by atoms with E-state index in [0.717, 1.165) is 29.4 Å². The zero-order valence-electron chi connectivity index (χ0n) is 10.8. The maximum absolute atomic E-state index is 11.2. The summed E-state index contributed by atoms with van der Waals surface area (Å²) in [6, 6.07) is 1.59. The van der Waals surface area contributed by atoms with Gasteiger partial charge in [0.05, 0.1) is 5.69 Å². The van der Waals surface area contributed by atoms with Gasteiger partial charge in [0.2, 0.25) is 0 Å². The molecular formula is C13H15N3O2S2. The van der Waals surface area contributed by atoms with E-state index in [-0.39, 0.29) is 0 Å². The second kappa shape index (κ2) is 6.01. The van der Waals surface area contributed by atoms with E-state index in [0.29, 0.717) is 13.1 Å². The Morgan fingerprint density at radius 3 is 3.20 bits per heavy atom. The van der Waals surface area contributed by atoms with E-state index in [1.807, 2.05) is 15.7 Å². The molecule has 1 fully saturated rings. The number of carbonyl (C=O) groups is 1. The van der Waals surface area contributed by atoms with Crippen molar-refractivity contribution < 1.29 is 9.90 Å². The molecule has 1 aliphatic rings. The summed E-state index contributed by atoms with van der Waals surface area (Å²) in [5, 5.41) is 19.5. The fourth-order valence-electron chi connectivity index (χ4n) is 2.29. The van der Waals surface area contributed by atoms with Gasteiger partial charge >= 0.3 is 5.97 Å². The molecule has 106 valence electrons. The first-order chi connectivity index (χ1) is 9.74. The minimum absolute atomic E-state index is 0.463. The van der Waals surface area contributed by atoms with Crippen LogP contribution in [0.2, 0.25) is 0 Å². The number of aliphatic carboxylic acids is 1. The van der Waals surface area contributed by atoms with Gasteiger partial charge in [-0.2, -0.15) is 11.3 Å². The average Bonchev–Trinajstić information content (AvgIpc) is 3.09. The molecule has 0 spiro atoms. The number of hydrogen-bond acceptors (Lipinski definition) is 6. The lowest BCUT2D eigenvalue weighted by Gasteiger charge is -2.32. The summed E-state index contributed by atoms with van der Waals surface area (Å²) in [6.45, 7) is 2.66. The molecule has 0 saturated carbocycles. The molecule has 7 heteroatoms. The van der Waals surface area contributed by atoms with E-state index in [1.165, 1.54) is 0 Å². The van der Waals surface area contributed by atoms with Gasteiger partial charge in [-0.1, -0.05) is 0 Å². The van der Waals surface area contributed by atoms with Crippen molar-refractivity contribution in [3.63, 3.8) is 0 Å². The Morgan fingerprint density at radius 2 is 2.45 bits per heavy atom. The standard InChI is InChI=1S/C13H15N3O2S2/c17-13(18)11-5-14-2-3-16(11)6-10-8-20-12(15-10)9-1-4-19-7-9/h1,4,7-8,11,14H,2-3,5-6H2,(H,17,18). The van der Waals surface area contributed by atoms with Crippen LogP contribution in [0.25, 0.3) is 10.6 Å². The third-order valence-electron chi connectivity index (χ3n) is 3.32. The molecule has 1 atom stereocenters. The van der Waals surface area contributed by atoms with E-state index in [1.54, 1.807) is 22.7 Å². The maximum atomic E-state index is 11.2. The van der Waals surface area contributed by atoms with Crippen LogP contribution in [-0.4, -0.2) is 46.6 Å². The van der Waals surface area contributed by atoms with Crippen LogP contribution in [0.5, 0.6) is 0 Å². The molecule has 1 unspecified atom stereocenters. The van der Waals surface area contributed by atoms with Gasteiger partial charge < -0.3 is 10.4 Å². The van der Waals surface area contributed by atoms with Crippen LogP contribution in [0, 0.1) is 0 Å². The van der Waals surface area contributed by atoms with Crippen molar-refractivity contribution in [3.05, 3.63) is 27.9 Å². The van der Waals surface area contributed by atoms with Gasteiger partial charge in [-0.15, -0.1) is 11.3 Å². The van der Waals surface area contributed by atoms with Crippen molar-refractivity contribution in [3.8, 4) is 10.6 Å². The van der Waals surface area contributed by atoms with Crippen molar-refractivity contribution in [2.45, 2.75) is 12.6 Å². The number of nitrogens with zero attached hydrogens (tertiary/aromatic N) is 2. The second-order valence-corrected chi connectivity index (χ2v) is 6.32. The minimum Gasteiger partial charge on any atom is -0.480 e. The van der Waals surface area contributed by atoms with Crippen molar-refractivity contribution in [1.82, 2.24) is 15.2 Å². The predicted molar refractivity (Wildman–Crippen MR) is 80.1 cm³/mol. The lowest BCUT2D eigenvalue weighted by atomic mass is 10.2. The Morgan fingerprint density at radius 1 is 1.55 bits per heavy atom. The molecule has 2 aromatic heterocycles. The number of thiophene rings is 1. The number of hydrogen-bond donors (Lipinski definition) is 2. The van der Waals surface area contributed by atoms with Crippen LogP contribution in [0.3, 0.4) is 0 Å². The summed E-state index contributed by atoms with van der Waals surface area (Å²) >= 11 is 3.27. The smallest absolute Gasteiger partial charge is 0.322 e. The summed E-state index contributed by atoms with van der Waals surface area (Å²) < 4.78 is 0. The Balaban J connectivity index is 1.72. The highest BCUT2D eigenvalue weighted by atomic mass is 32.1.